The molecule has 1 aromatic heterocycles. The molecule has 0 amide bonds. The Bertz CT molecular complexity index is 647. The molecule has 1 spiro atoms. The van der Waals surface area contributed by atoms with E-state index >= 15 is 0 Å². The molecule has 2 fully saturated rings. The molecular formula is C13H18N2O5. The molecule has 2 aliphatic heterocycles. The van der Waals surface area contributed by atoms with Gasteiger partial charge in [-0.2, -0.15) is 0 Å². The van der Waals surface area contributed by atoms with E-state index in [0.717, 1.165) is 0 Å². The van der Waals surface area contributed by atoms with Crippen LogP contribution in [0.3, 0.4) is 0 Å². The first-order valence-corrected chi connectivity index (χ1v) is 6.58. The van der Waals surface area contributed by atoms with E-state index in [1.54, 1.807) is 6.92 Å². The van der Waals surface area contributed by atoms with Crippen molar-refractivity contribution in [2.75, 3.05) is 13.2 Å². The van der Waals surface area contributed by atoms with Crippen LogP contribution in [0.1, 0.15) is 32.1 Å². The summed E-state index contributed by atoms with van der Waals surface area (Å²) in [6.45, 7) is 6.16. The molecule has 0 aliphatic carbocycles. The zero-order chi connectivity index (χ0) is 14.5. The number of hydrogen-bond donors (Lipinski definition) is 1. The van der Waals surface area contributed by atoms with Crippen molar-refractivity contribution in [1.29, 1.82) is 0 Å². The van der Waals surface area contributed by atoms with E-state index < -0.39 is 23.3 Å². The summed E-state index contributed by atoms with van der Waals surface area (Å²) < 4.78 is 18.6. The molecule has 2 saturated heterocycles. The van der Waals surface area contributed by atoms with Gasteiger partial charge in [-0.3, -0.25) is 14.3 Å². The lowest BCUT2D eigenvalue weighted by Crippen LogP contribution is -2.36. The van der Waals surface area contributed by atoms with Crippen LogP contribution in [-0.4, -0.2) is 34.2 Å². The minimum Gasteiger partial charge on any atom is -0.355 e. The first-order chi connectivity index (χ1) is 9.30. The van der Waals surface area contributed by atoms with Gasteiger partial charge in [0, 0.05) is 18.2 Å². The first-order valence-electron chi connectivity index (χ1n) is 6.58. The van der Waals surface area contributed by atoms with Crippen LogP contribution in [0.5, 0.6) is 0 Å². The zero-order valence-electron chi connectivity index (χ0n) is 11.8. The molecule has 1 N–H and O–H groups in total. The highest BCUT2D eigenvalue weighted by molar-refractivity contribution is 5.03. The Morgan fingerprint density at radius 1 is 1.35 bits per heavy atom. The fraction of sp³-hybridized carbons (Fsp3) is 0.692. The number of nitrogens with zero attached hydrogens (tertiary/aromatic N) is 1. The highest BCUT2D eigenvalue weighted by atomic mass is 16.8. The van der Waals surface area contributed by atoms with E-state index in [0.29, 0.717) is 25.2 Å². The fourth-order valence-electron chi connectivity index (χ4n) is 2.72. The number of aromatic amines is 1. The molecule has 3 rings (SSSR count). The molecule has 2 aliphatic rings. The quantitative estimate of drug-likeness (QED) is 0.800. The minimum atomic E-state index is -0.635. The average Bonchev–Trinajstić information content (AvgIpc) is 2.88. The fourth-order valence-corrected chi connectivity index (χ4v) is 2.72. The zero-order valence-corrected chi connectivity index (χ0v) is 11.8. The van der Waals surface area contributed by atoms with E-state index in [-0.39, 0.29) is 5.56 Å². The highest BCUT2D eigenvalue weighted by Gasteiger charge is 2.51. The largest absolute Gasteiger partial charge is 0.355 e. The molecule has 0 radical (unpaired) electrons. The highest BCUT2D eigenvalue weighted by Crippen LogP contribution is 2.41. The van der Waals surface area contributed by atoms with Crippen LogP contribution in [0.2, 0.25) is 0 Å². The first kappa shape index (κ1) is 13.5. The predicted molar refractivity (Wildman–Crippen MR) is 69.5 cm³/mol. The Balaban J connectivity index is 1.87. The number of aromatic nitrogens is 2. The number of hydrogen-bond acceptors (Lipinski definition) is 5. The van der Waals surface area contributed by atoms with Crippen LogP contribution in [0, 0.1) is 6.92 Å². The number of nitrogens with one attached hydrogen (secondary N) is 1. The van der Waals surface area contributed by atoms with Crippen molar-refractivity contribution < 1.29 is 14.2 Å². The summed E-state index contributed by atoms with van der Waals surface area (Å²) in [6, 6.07) is 0. The van der Waals surface area contributed by atoms with Crippen LogP contribution in [0.25, 0.3) is 0 Å². The molecule has 1 unspecified atom stereocenters. The van der Waals surface area contributed by atoms with Crippen LogP contribution in [0.4, 0.5) is 0 Å². The summed E-state index contributed by atoms with van der Waals surface area (Å²) in [4.78, 5) is 25.5. The van der Waals surface area contributed by atoms with Crippen LogP contribution in [-0.2, 0) is 14.2 Å². The summed E-state index contributed by atoms with van der Waals surface area (Å²) >= 11 is 0. The summed E-state index contributed by atoms with van der Waals surface area (Å²) in [5.74, 6) is -0.635. The lowest BCUT2D eigenvalue weighted by Gasteiger charge is -2.23. The van der Waals surface area contributed by atoms with E-state index in [1.807, 2.05) is 13.8 Å². The summed E-state index contributed by atoms with van der Waals surface area (Å²) in [5, 5.41) is 0. The lowest BCUT2D eigenvalue weighted by atomic mass is 10.0. The van der Waals surface area contributed by atoms with Crippen LogP contribution >= 0.6 is 0 Å². The van der Waals surface area contributed by atoms with Crippen molar-refractivity contribution in [1.82, 2.24) is 9.55 Å². The summed E-state index contributed by atoms with van der Waals surface area (Å²) in [7, 11) is 0. The van der Waals surface area contributed by atoms with Crippen molar-refractivity contribution in [3.8, 4) is 0 Å². The standard InChI is InChI=1S/C13H18N2O5/c1-8-5-15(11(17)14-10(8)16)9-4-13(6-18-9)7-19-12(2,3)20-13/h5,9H,4,6-7H2,1-3H3,(H,14,16,17)/t9-,13?/m0/s1. The number of ether oxygens (including phenoxy) is 3. The Morgan fingerprint density at radius 3 is 2.75 bits per heavy atom. The van der Waals surface area contributed by atoms with Gasteiger partial charge in [0.05, 0.1) is 13.2 Å². The molecular weight excluding hydrogens is 264 g/mol. The van der Waals surface area contributed by atoms with E-state index in [9.17, 15) is 9.59 Å². The van der Waals surface area contributed by atoms with E-state index in [1.165, 1.54) is 10.8 Å². The van der Waals surface area contributed by atoms with Gasteiger partial charge in [0.15, 0.2) is 5.79 Å². The lowest BCUT2D eigenvalue weighted by molar-refractivity contribution is -0.160. The molecule has 3 heterocycles. The molecule has 2 atom stereocenters. The number of rotatable bonds is 1. The molecule has 0 bridgehead atoms. The average molecular weight is 282 g/mol. The van der Waals surface area contributed by atoms with Crippen LogP contribution in [0.15, 0.2) is 15.8 Å². The third-order valence-corrected chi connectivity index (χ3v) is 3.69. The van der Waals surface area contributed by atoms with Gasteiger partial charge in [-0.1, -0.05) is 0 Å². The van der Waals surface area contributed by atoms with Crippen molar-refractivity contribution in [3.05, 3.63) is 32.6 Å². The number of aryl methyl sites for hydroxylation is 1. The molecule has 20 heavy (non-hydrogen) atoms. The van der Waals surface area contributed by atoms with Gasteiger partial charge in [0.1, 0.15) is 11.8 Å². The maximum Gasteiger partial charge on any atom is 0.330 e. The third kappa shape index (κ3) is 2.21. The van der Waals surface area contributed by atoms with Gasteiger partial charge in [-0.05, 0) is 20.8 Å². The second kappa shape index (κ2) is 4.28. The van der Waals surface area contributed by atoms with Gasteiger partial charge in [0.2, 0.25) is 0 Å². The van der Waals surface area contributed by atoms with Crippen molar-refractivity contribution in [2.45, 2.75) is 44.8 Å². The predicted octanol–water partition coefficient (Wildman–Crippen LogP) is 0.286. The van der Waals surface area contributed by atoms with E-state index in [4.69, 9.17) is 14.2 Å². The monoisotopic (exact) mass is 282 g/mol. The Hall–Kier alpha value is -1.44. The SMILES string of the molecule is Cc1cn([C@@H]2CC3(CO2)COC(C)(C)O3)c(=O)[nH]c1=O. The van der Waals surface area contributed by atoms with E-state index in [2.05, 4.69) is 4.98 Å². The Morgan fingerprint density at radius 2 is 2.10 bits per heavy atom. The van der Waals surface area contributed by atoms with Gasteiger partial charge in [-0.25, -0.2) is 4.79 Å². The molecule has 7 nitrogen and oxygen atoms in total. The van der Waals surface area contributed by atoms with Crippen molar-refractivity contribution in [2.24, 2.45) is 0 Å². The third-order valence-electron chi connectivity index (χ3n) is 3.69. The van der Waals surface area contributed by atoms with Gasteiger partial charge in [-0.15, -0.1) is 0 Å². The normalized spacial score (nSPS) is 32.0. The topological polar surface area (TPSA) is 82.6 Å². The Kier molecular flexibility index (Phi) is 2.89. The van der Waals surface area contributed by atoms with Crippen molar-refractivity contribution in [3.63, 3.8) is 0 Å². The molecule has 0 saturated carbocycles. The smallest absolute Gasteiger partial charge is 0.330 e. The maximum atomic E-state index is 11.9. The molecule has 7 heteroatoms. The molecule has 110 valence electrons. The Labute approximate surface area is 115 Å². The maximum absolute atomic E-state index is 11.9. The second-order valence-electron chi connectivity index (χ2n) is 5.92. The van der Waals surface area contributed by atoms with Gasteiger partial charge < -0.3 is 14.2 Å². The molecule has 1 aromatic rings. The molecule has 0 aromatic carbocycles. The van der Waals surface area contributed by atoms with Gasteiger partial charge in [0.25, 0.3) is 5.56 Å². The second-order valence-corrected chi connectivity index (χ2v) is 5.92. The van der Waals surface area contributed by atoms with Crippen molar-refractivity contribution >= 4 is 0 Å². The van der Waals surface area contributed by atoms with Gasteiger partial charge >= 0.3 is 5.69 Å². The summed E-state index contributed by atoms with van der Waals surface area (Å²) in [6.07, 6.45) is 1.59. The minimum absolute atomic E-state index is 0.367. The summed E-state index contributed by atoms with van der Waals surface area (Å²) in [5.41, 5.74) is -0.892. The van der Waals surface area contributed by atoms with Crippen LogP contribution < -0.4 is 11.2 Å². The number of H-pyrrole nitrogens is 1.